The van der Waals surface area contributed by atoms with E-state index in [0.29, 0.717) is 24.0 Å². The number of allylic oxidation sites excluding steroid dienone is 4. The number of guanidine groups is 1. The molecule has 224 valence electrons. The van der Waals surface area contributed by atoms with Crippen LogP contribution in [-0.4, -0.2) is 17.1 Å². The van der Waals surface area contributed by atoms with E-state index >= 15 is 0 Å². The topological polar surface area (TPSA) is 98.5 Å². The van der Waals surface area contributed by atoms with Crippen LogP contribution in [-0.2, 0) is 25.2 Å². The van der Waals surface area contributed by atoms with E-state index in [1.807, 2.05) is 6.92 Å². The van der Waals surface area contributed by atoms with Crippen molar-refractivity contribution in [2.75, 3.05) is 0 Å². The second kappa shape index (κ2) is 15.4. The molecule has 0 aliphatic carbocycles. The van der Waals surface area contributed by atoms with Gasteiger partial charge < -0.3 is 11.5 Å². The second-order valence-corrected chi connectivity index (χ2v) is 9.32. The Morgan fingerprint density at radius 1 is 0.780 bits per heavy atom. The Morgan fingerprint density at radius 2 is 1.17 bits per heavy atom. The van der Waals surface area contributed by atoms with Crippen LogP contribution in [0.25, 0.3) is 0 Å². The highest BCUT2D eigenvalue weighted by atomic mass is 35.5. The number of hydrogen-bond acceptors (Lipinski definition) is 2. The zero-order valence-corrected chi connectivity index (χ0v) is 23.8. The molecule has 5 nitrogen and oxygen atoms in total. The number of alkyl halides is 6. The van der Waals surface area contributed by atoms with E-state index in [1.165, 1.54) is 12.1 Å². The third-order valence-electron chi connectivity index (χ3n) is 5.82. The number of hydrogen-bond donors (Lipinski definition) is 2. The van der Waals surface area contributed by atoms with Gasteiger partial charge in [0.2, 0.25) is 0 Å². The molecule has 0 spiro atoms. The lowest BCUT2D eigenvalue weighted by Crippen LogP contribution is -2.24. The number of carbonyl (C=O) groups excluding carboxylic acids is 2. The van der Waals surface area contributed by atoms with Gasteiger partial charge in [-0.15, -0.1) is 0 Å². The molecular formula is C29H32ClF6N3O2. The third kappa shape index (κ3) is 11.1. The molecule has 0 atom stereocenters. The number of aliphatic imine (C=N–C) groups is 1. The van der Waals surface area contributed by atoms with Gasteiger partial charge in [0.25, 0.3) is 11.1 Å². The van der Waals surface area contributed by atoms with Gasteiger partial charge in [-0.05, 0) is 99.4 Å². The van der Waals surface area contributed by atoms with Gasteiger partial charge in [-0.25, -0.2) is 0 Å². The Balaban J connectivity index is 0.000000414. The van der Waals surface area contributed by atoms with Crippen molar-refractivity contribution in [3.63, 3.8) is 0 Å². The molecule has 0 unspecified atom stereocenters. The SMILES string of the molecule is CC=CCCc1cc(C)c(C(=O)Cl)cc1C(F)(F)F.CC=CCCc1cc(C)c(C(=O)N=C(N)N)cc1C(F)(F)F. The minimum absolute atomic E-state index is 0.0937. The number of nitrogens with two attached hydrogens (primary N) is 2. The van der Waals surface area contributed by atoms with Crippen molar-refractivity contribution in [2.24, 2.45) is 16.5 Å². The van der Waals surface area contributed by atoms with Crippen LogP contribution in [0.3, 0.4) is 0 Å². The summed E-state index contributed by atoms with van der Waals surface area (Å²) in [6.07, 6.45) is -0.370. The largest absolute Gasteiger partial charge is 0.416 e. The molecule has 0 heterocycles. The molecule has 0 bridgehead atoms. The fraction of sp³-hybridized carbons (Fsp3) is 0.345. The normalized spacial score (nSPS) is 11.9. The standard InChI is InChI=1S/C15H18F3N3O.C14H14ClF3O/c1-3-4-5-6-10-7-9(2)11(13(22)21-14(19)20)8-12(10)15(16,17)18;1-3-4-5-6-10-7-9(2)11(13(15)19)8-12(10)14(16,17)18/h3-4,7-8H,5-6H2,1-2H3,(H4,19,20,21,22);3-4,7-8H,5-6H2,1-2H3. The van der Waals surface area contributed by atoms with Gasteiger partial charge in [-0.3, -0.25) is 9.59 Å². The number of nitrogens with zero attached hydrogens (tertiary/aromatic N) is 1. The summed E-state index contributed by atoms with van der Waals surface area (Å²) in [7, 11) is 0. The first-order valence-corrected chi connectivity index (χ1v) is 12.8. The van der Waals surface area contributed by atoms with Crippen molar-refractivity contribution in [1.29, 1.82) is 0 Å². The van der Waals surface area contributed by atoms with Gasteiger partial charge in [-0.2, -0.15) is 31.3 Å². The summed E-state index contributed by atoms with van der Waals surface area (Å²) < 4.78 is 78.4. The fourth-order valence-corrected chi connectivity index (χ4v) is 4.11. The molecule has 1 amide bonds. The van der Waals surface area contributed by atoms with Gasteiger partial charge in [0.1, 0.15) is 0 Å². The van der Waals surface area contributed by atoms with Crippen LogP contribution < -0.4 is 11.5 Å². The van der Waals surface area contributed by atoms with Crippen molar-refractivity contribution in [1.82, 2.24) is 0 Å². The van der Waals surface area contributed by atoms with Gasteiger partial charge in [-0.1, -0.05) is 36.4 Å². The molecule has 4 N–H and O–H groups in total. The maximum atomic E-state index is 13.2. The maximum absolute atomic E-state index is 13.2. The maximum Gasteiger partial charge on any atom is 0.416 e. The van der Waals surface area contributed by atoms with E-state index in [0.717, 1.165) is 12.1 Å². The molecular weight excluding hydrogens is 572 g/mol. The highest BCUT2D eigenvalue weighted by molar-refractivity contribution is 6.67. The molecule has 2 rings (SSSR count). The Morgan fingerprint density at radius 3 is 1.51 bits per heavy atom. The monoisotopic (exact) mass is 603 g/mol. The quantitative estimate of drug-likeness (QED) is 0.106. The van der Waals surface area contributed by atoms with Crippen LogP contribution in [0.5, 0.6) is 0 Å². The van der Waals surface area contributed by atoms with Crippen molar-refractivity contribution >= 4 is 28.7 Å². The highest BCUT2D eigenvalue weighted by Gasteiger charge is 2.35. The predicted molar refractivity (Wildman–Crippen MR) is 149 cm³/mol. The number of halogens is 7. The van der Waals surface area contributed by atoms with Gasteiger partial charge in [0.15, 0.2) is 5.96 Å². The number of aryl methyl sites for hydroxylation is 4. The molecule has 0 aromatic heterocycles. The molecule has 12 heteroatoms. The lowest BCUT2D eigenvalue weighted by molar-refractivity contribution is -0.139. The Hall–Kier alpha value is -3.60. The van der Waals surface area contributed by atoms with Crippen LogP contribution in [0.15, 0.2) is 53.6 Å². The van der Waals surface area contributed by atoms with Crippen LogP contribution in [0.2, 0.25) is 0 Å². The zero-order chi connectivity index (χ0) is 31.5. The number of benzene rings is 2. The molecule has 0 radical (unpaired) electrons. The van der Waals surface area contributed by atoms with Gasteiger partial charge >= 0.3 is 12.4 Å². The van der Waals surface area contributed by atoms with Crippen molar-refractivity contribution in [3.05, 3.63) is 93.1 Å². The van der Waals surface area contributed by atoms with Crippen molar-refractivity contribution < 1.29 is 35.9 Å². The first-order valence-electron chi connectivity index (χ1n) is 12.4. The highest BCUT2D eigenvalue weighted by Crippen LogP contribution is 2.36. The summed E-state index contributed by atoms with van der Waals surface area (Å²) in [5, 5.41) is -0.872. The second-order valence-electron chi connectivity index (χ2n) is 8.98. The third-order valence-corrected chi connectivity index (χ3v) is 6.02. The molecule has 0 saturated heterocycles. The average Bonchev–Trinajstić information content (AvgIpc) is 2.82. The summed E-state index contributed by atoms with van der Waals surface area (Å²) in [6.45, 7) is 6.74. The van der Waals surface area contributed by atoms with Crippen LogP contribution >= 0.6 is 11.6 Å². The lowest BCUT2D eigenvalue weighted by Gasteiger charge is -2.15. The average molecular weight is 604 g/mol. The van der Waals surface area contributed by atoms with E-state index in [9.17, 15) is 35.9 Å². The number of amides is 1. The van der Waals surface area contributed by atoms with Crippen molar-refractivity contribution in [3.8, 4) is 0 Å². The summed E-state index contributed by atoms with van der Waals surface area (Å²) in [5.41, 5.74) is 9.50. The minimum Gasteiger partial charge on any atom is -0.370 e. The number of carbonyl (C=O) groups is 2. The summed E-state index contributed by atoms with van der Waals surface area (Å²) >= 11 is 5.29. The summed E-state index contributed by atoms with van der Waals surface area (Å²) in [4.78, 5) is 26.2. The van der Waals surface area contributed by atoms with Gasteiger partial charge in [0.05, 0.1) is 11.1 Å². The summed E-state index contributed by atoms with van der Waals surface area (Å²) in [5.74, 6) is -1.38. The molecule has 0 aliphatic heterocycles. The van der Waals surface area contributed by atoms with Gasteiger partial charge in [0, 0.05) is 11.1 Å². The first-order chi connectivity index (χ1) is 18.9. The smallest absolute Gasteiger partial charge is 0.370 e. The molecule has 0 fully saturated rings. The van der Waals surface area contributed by atoms with E-state index < -0.39 is 40.6 Å². The lowest BCUT2D eigenvalue weighted by atomic mass is 9.95. The molecule has 0 saturated carbocycles. The Bertz CT molecular complexity index is 1330. The fourth-order valence-electron chi connectivity index (χ4n) is 3.91. The van der Waals surface area contributed by atoms with Crippen LogP contribution in [0.1, 0.15) is 80.8 Å². The first kappa shape index (κ1) is 35.4. The minimum atomic E-state index is -4.55. The molecule has 0 aliphatic rings. The number of rotatable bonds is 8. The zero-order valence-electron chi connectivity index (χ0n) is 23.0. The predicted octanol–water partition coefficient (Wildman–Crippen LogP) is 7.84. The Labute approximate surface area is 240 Å². The van der Waals surface area contributed by atoms with E-state index in [2.05, 4.69) is 4.99 Å². The van der Waals surface area contributed by atoms with Crippen LogP contribution in [0, 0.1) is 13.8 Å². The Kier molecular flexibility index (Phi) is 13.3. The van der Waals surface area contributed by atoms with E-state index in [1.54, 1.807) is 45.1 Å². The molecule has 41 heavy (non-hydrogen) atoms. The molecule has 2 aromatic rings. The molecule has 2 aromatic carbocycles. The van der Waals surface area contributed by atoms with E-state index in [-0.39, 0.29) is 35.1 Å². The van der Waals surface area contributed by atoms with Crippen molar-refractivity contribution in [2.45, 2.75) is 65.7 Å². The summed E-state index contributed by atoms with van der Waals surface area (Å²) in [6, 6.07) is 4.41. The van der Waals surface area contributed by atoms with E-state index in [4.69, 9.17) is 23.1 Å². The van der Waals surface area contributed by atoms with Crippen LogP contribution in [0.4, 0.5) is 26.3 Å².